The molecule has 1 aliphatic heterocycles. The van der Waals surface area contributed by atoms with Crippen molar-refractivity contribution in [2.75, 3.05) is 33.3 Å². The maximum absolute atomic E-state index is 12.4. The van der Waals surface area contributed by atoms with Gasteiger partial charge in [-0.25, -0.2) is 0 Å². The number of carbonyl (C=O) groups is 1. The van der Waals surface area contributed by atoms with Gasteiger partial charge in [0.05, 0.1) is 7.11 Å². The third-order valence-electron chi connectivity index (χ3n) is 4.54. The summed E-state index contributed by atoms with van der Waals surface area (Å²) in [5.41, 5.74) is 2.23. The van der Waals surface area contributed by atoms with Crippen LogP contribution < -0.4 is 4.74 Å². The minimum absolute atomic E-state index is 0.0620. The molecular weight excluding hydrogens is 348 g/mol. The number of methoxy groups -OCH3 is 1. The molecule has 0 aromatic heterocycles. The Hall–Kier alpha value is -2.30. The van der Waals surface area contributed by atoms with Crippen molar-refractivity contribution in [2.45, 2.75) is 6.54 Å². The first-order chi connectivity index (χ1) is 12.6. The predicted molar refractivity (Wildman–Crippen MR) is 105 cm³/mol. The SMILES string of the molecule is COc1ccc(/C=C/C(=O)N2CCN(Cc3ccc(Cl)cc3)CC2)cc1. The molecule has 0 spiro atoms. The third-order valence-corrected chi connectivity index (χ3v) is 4.79. The second kappa shape index (κ2) is 8.88. The smallest absolute Gasteiger partial charge is 0.246 e. The van der Waals surface area contributed by atoms with Crippen LogP contribution in [0.25, 0.3) is 6.08 Å². The van der Waals surface area contributed by atoms with Gasteiger partial charge in [0.2, 0.25) is 5.91 Å². The van der Waals surface area contributed by atoms with Crippen molar-refractivity contribution in [2.24, 2.45) is 0 Å². The molecule has 2 aromatic rings. The minimum Gasteiger partial charge on any atom is -0.497 e. The van der Waals surface area contributed by atoms with Crippen molar-refractivity contribution in [1.82, 2.24) is 9.80 Å². The van der Waals surface area contributed by atoms with Crippen LogP contribution in [-0.2, 0) is 11.3 Å². The molecule has 0 unspecified atom stereocenters. The Morgan fingerprint density at radius 2 is 1.69 bits per heavy atom. The molecule has 0 bridgehead atoms. The van der Waals surface area contributed by atoms with Crippen LogP contribution >= 0.6 is 11.6 Å². The second-order valence-electron chi connectivity index (χ2n) is 6.33. The molecule has 0 aliphatic carbocycles. The summed E-state index contributed by atoms with van der Waals surface area (Å²) in [7, 11) is 1.64. The largest absolute Gasteiger partial charge is 0.497 e. The minimum atomic E-state index is 0.0620. The lowest BCUT2D eigenvalue weighted by Gasteiger charge is -2.34. The zero-order valence-electron chi connectivity index (χ0n) is 14.9. The van der Waals surface area contributed by atoms with Crippen molar-refractivity contribution in [3.63, 3.8) is 0 Å². The maximum Gasteiger partial charge on any atom is 0.246 e. The Kier molecular flexibility index (Phi) is 6.31. The van der Waals surface area contributed by atoms with E-state index in [0.29, 0.717) is 0 Å². The van der Waals surface area contributed by atoms with Gasteiger partial charge in [0.15, 0.2) is 0 Å². The van der Waals surface area contributed by atoms with Gasteiger partial charge in [-0.15, -0.1) is 0 Å². The van der Waals surface area contributed by atoms with Crippen molar-refractivity contribution in [3.8, 4) is 5.75 Å². The van der Waals surface area contributed by atoms with E-state index < -0.39 is 0 Å². The fourth-order valence-corrected chi connectivity index (χ4v) is 3.09. The van der Waals surface area contributed by atoms with Gasteiger partial charge in [0.25, 0.3) is 0 Å². The highest BCUT2D eigenvalue weighted by atomic mass is 35.5. The molecule has 1 amide bonds. The quantitative estimate of drug-likeness (QED) is 0.752. The first kappa shape index (κ1) is 18.5. The molecule has 5 heteroatoms. The van der Waals surface area contributed by atoms with Crippen LogP contribution in [-0.4, -0.2) is 49.0 Å². The average molecular weight is 371 g/mol. The molecule has 3 rings (SSSR count). The van der Waals surface area contributed by atoms with Crippen molar-refractivity contribution >= 4 is 23.6 Å². The summed E-state index contributed by atoms with van der Waals surface area (Å²) in [5, 5.41) is 0.757. The highest BCUT2D eigenvalue weighted by molar-refractivity contribution is 6.30. The van der Waals surface area contributed by atoms with E-state index >= 15 is 0 Å². The van der Waals surface area contributed by atoms with Crippen LogP contribution in [0.5, 0.6) is 5.75 Å². The number of ether oxygens (including phenoxy) is 1. The molecular formula is C21H23ClN2O2. The number of carbonyl (C=O) groups excluding carboxylic acids is 1. The lowest BCUT2D eigenvalue weighted by Crippen LogP contribution is -2.47. The van der Waals surface area contributed by atoms with E-state index in [1.165, 1.54) is 5.56 Å². The Morgan fingerprint density at radius 3 is 2.31 bits per heavy atom. The summed E-state index contributed by atoms with van der Waals surface area (Å²) < 4.78 is 5.14. The number of halogens is 1. The highest BCUT2D eigenvalue weighted by Gasteiger charge is 2.19. The summed E-state index contributed by atoms with van der Waals surface area (Å²) in [6.07, 6.45) is 3.50. The van der Waals surface area contributed by atoms with E-state index in [-0.39, 0.29) is 5.91 Å². The molecule has 0 N–H and O–H groups in total. The van der Waals surface area contributed by atoms with Gasteiger partial charge in [-0.1, -0.05) is 35.9 Å². The standard InChI is InChI=1S/C21H23ClN2O2/c1-26-20-9-4-17(5-10-20)6-11-21(25)24-14-12-23(13-15-24)16-18-2-7-19(22)8-3-18/h2-11H,12-16H2,1H3/b11-6+. The molecule has 0 atom stereocenters. The van der Waals surface area contributed by atoms with Gasteiger partial charge in [0, 0.05) is 43.8 Å². The number of rotatable bonds is 5. The zero-order chi connectivity index (χ0) is 18.4. The summed E-state index contributed by atoms with van der Waals surface area (Å²) in [6.45, 7) is 4.15. The van der Waals surface area contributed by atoms with E-state index in [1.54, 1.807) is 13.2 Å². The molecule has 2 aromatic carbocycles. The Morgan fingerprint density at radius 1 is 1.04 bits per heavy atom. The van der Waals surface area contributed by atoms with Gasteiger partial charge in [-0.3, -0.25) is 9.69 Å². The van der Waals surface area contributed by atoms with E-state index in [0.717, 1.165) is 49.1 Å². The summed E-state index contributed by atoms with van der Waals surface area (Å²) in [5.74, 6) is 0.872. The maximum atomic E-state index is 12.4. The van der Waals surface area contributed by atoms with Crippen LogP contribution in [0.2, 0.25) is 5.02 Å². The fraction of sp³-hybridized carbons (Fsp3) is 0.286. The molecule has 1 fully saturated rings. The second-order valence-corrected chi connectivity index (χ2v) is 6.77. The molecule has 26 heavy (non-hydrogen) atoms. The number of amides is 1. The summed E-state index contributed by atoms with van der Waals surface area (Å²) in [6, 6.07) is 15.6. The molecule has 1 aliphatic rings. The predicted octanol–water partition coefficient (Wildman–Crippen LogP) is 3.71. The monoisotopic (exact) mass is 370 g/mol. The van der Waals surface area contributed by atoms with Gasteiger partial charge in [-0.2, -0.15) is 0 Å². The molecule has 0 radical (unpaired) electrons. The molecule has 4 nitrogen and oxygen atoms in total. The van der Waals surface area contributed by atoms with Crippen LogP contribution in [0.3, 0.4) is 0 Å². The van der Waals surface area contributed by atoms with Crippen molar-refractivity contribution in [1.29, 1.82) is 0 Å². The first-order valence-corrected chi connectivity index (χ1v) is 9.10. The van der Waals surface area contributed by atoms with Crippen LogP contribution in [0.15, 0.2) is 54.6 Å². The number of hydrogen-bond acceptors (Lipinski definition) is 3. The van der Waals surface area contributed by atoms with E-state index in [9.17, 15) is 4.79 Å². The van der Waals surface area contributed by atoms with Gasteiger partial charge in [-0.05, 0) is 41.5 Å². The number of nitrogens with zero attached hydrogens (tertiary/aromatic N) is 2. The first-order valence-electron chi connectivity index (χ1n) is 8.72. The average Bonchev–Trinajstić information content (AvgIpc) is 2.69. The van der Waals surface area contributed by atoms with Gasteiger partial charge in [0.1, 0.15) is 5.75 Å². The summed E-state index contributed by atoms with van der Waals surface area (Å²) >= 11 is 5.93. The van der Waals surface area contributed by atoms with Crippen molar-refractivity contribution in [3.05, 3.63) is 70.8 Å². The normalized spacial score (nSPS) is 15.4. The number of benzene rings is 2. The fourth-order valence-electron chi connectivity index (χ4n) is 2.96. The number of hydrogen-bond donors (Lipinski definition) is 0. The molecule has 0 saturated carbocycles. The molecule has 1 heterocycles. The Labute approximate surface area is 159 Å². The molecule has 136 valence electrons. The van der Waals surface area contributed by atoms with Crippen LogP contribution in [0.4, 0.5) is 0 Å². The number of piperazine rings is 1. The third kappa shape index (κ3) is 5.10. The van der Waals surface area contributed by atoms with E-state index in [2.05, 4.69) is 17.0 Å². The Bertz CT molecular complexity index is 749. The van der Waals surface area contributed by atoms with E-state index in [4.69, 9.17) is 16.3 Å². The van der Waals surface area contributed by atoms with Crippen LogP contribution in [0, 0.1) is 0 Å². The zero-order valence-corrected chi connectivity index (χ0v) is 15.7. The lowest BCUT2D eigenvalue weighted by atomic mass is 10.2. The van der Waals surface area contributed by atoms with Gasteiger partial charge < -0.3 is 9.64 Å². The topological polar surface area (TPSA) is 32.8 Å². The summed E-state index contributed by atoms with van der Waals surface area (Å²) in [4.78, 5) is 16.6. The Balaban J connectivity index is 1.48. The van der Waals surface area contributed by atoms with E-state index in [1.807, 2.05) is 47.4 Å². The molecule has 1 saturated heterocycles. The lowest BCUT2D eigenvalue weighted by molar-refractivity contribution is -0.127. The van der Waals surface area contributed by atoms with Crippen LogP contribution in [0.1, 0.15) is 11.1 Å². The van der Waals surface area contributed by atoms with Gasteiger partial charge >= 0.3 is 0 Å². The highest BCUT2D eigenvalue weighted by Crippen LogP contribution is 2.14. The van der Waals surface area contributed by atoms with Crippen molar-refractivity contribution < 1.29 is 9.53 Å².